The standard InChI is InChI=1S/C22H20ClN3O3S/c1-28-16-7-8-17(20(9-16)29-2)18-10-21(27)26-12-25(13-30-22(26)19(18)11-24)15-5-3-14(23)4-6-15/h3-9,18H,10,12-13H2,1-2H3/t18-/m0/s1. The highest BCUT2D eigenvalue weighted by atomic mass is 35.5. The Morgan fingerprint density at radius 3 is 2.60 bits per heavy atom. The summed E-state index contributed by atoms with van der Waals surface area (Å²) in [6.07, 6.45) is 0.212. The Balaban J connectivity index is 1.68. The van der Waals surface area contributed by atoms with Gasteiger partial charge in [0.1, 0.15) is 11.5 Å². The van der Waals surface area contributed by atoms with Gasteiger partial charge in [0.05, 0.1) is 43.4 Å². The van der Waals surface area contributed by atoms with Crippen LogP contribution in [0.5, 0.6) is 11.5 Å². The maximum Gasteiger partial charge on any atom is 0.229 e. The molecule has 0 bridgehead atoms. The van der Waals surface area contributed by atoms with Crippen LogP contribution >= 0.6 is 23.4 Å². The second kappa shape index (κ2) is 8.50. The lowest BCUT2D eigenvalue weighted by molar-refractivity contribution is -0.129. The van der Waals surface area contributed by atoms with Gasteiger partial charge in [-0.15, -0.1) is 0 Å². The zero-order valence-electron chi connectivity index (χ0n) is 16.6. The monoisotopic (exact) mass is 441 g/mol. The number of nitrogens with zero attached hydrogens (tertiary/aromatic N) is 3. The molecule has 0 aliphatic carbocycles. The number of allylic oxidation sites excluding steroid dienone is 1. The number of hydrogen-bond acceptors (Lipinski definition) is 6. The van der Waals surface area contributed by atoms with Gasteiger partial charge >= 0.3 is 0 Å². The van der Waals surface area contributed by atoms with Crippen molar-refractivity contribution < 1.29 is 14.3 Å². The van der Waals surface area contributed by atoms with Crippen molar-refractivity contribution in [3.63, 3.8) is 0 Å². The van der Waals surface area contributed by atoms with Crippen LogP contribution in [0.2, 0.25) is 5.02 Å². The number of fused-ring (bicyclic) bond motifs is 1. The van der Waals surface area contributed by atoms with Crippen LogP contribution in [-0.4, -0.2) is 37.6 Å². The van der Waals surface area contributed by atoms with Crippen LogP contribution < -0.4 is 14.4 Å². The van der Waals surface area contributed by atoms with Gasteiger partial charge in [0.15, 0.2) is 0 Å². The number of nitriles is 1. The molecule has 0 unspecified atom stereocenters. The molecule has 1 saturated heterocycles. The Morgan fingerprint density at radius 2 is 1.93 bits per heavy atom. The van der Waals surface area contributed by atoms with Crippen LogP contribution in [0.1, 0.15) is 17.9 Å². The Kier molecular flexibility index (Phi) is 5.80. The SMILES string of the molecule is COc1ccc([C@@H]2CC(=O)N3CN(c4ccc(Cl)cc4)CSC3=C2C#N)c(OC)c1. The molecule has 0 radical (unpaired) electrons. The van der Waals surface area contributed by atoms with Gasteiger partial charge in [0.25, 0.3) is 0 Å². The number of hydrogen-bond donors (Lipinski definition) is 0. The number of ether oxygens (including phenoxy) is 2. The molecule has 0 aromatic heterocycles. The molecule has 0 N–H and O–H groups in total. The van der Waals surface area contributed by atoms with Crippen molar-refractivity contribution in [2.24, 2.45) is 0 Å². The lowest BCUT2D eigenvalue weighted by Gasteiger charge is -2.42. The minimum Gasteiger partial charge on any atom is -0.497 e. The van der Waals surface area contributed by atoms with Gasteiger partial charge in [-0.3, -0.25) is 9.69 Å². The molecule has 1 atom stereocenters. The summed E-state index contributed by atoms with van der Waals surface area (Å²) in [5.41, 5.74) is 2.39. The molecule has 1 amide bonds. The van der Waals surface area contributed by atoms with Crippen LogP contribution in [-0.2, 0) is 4.79 Å². The fourth-order valence-electron chi connectivity index (χ4n) is 3.75. The van der Waals surface area contributed by atoms with Crippen molar-refractivity contribution in [3.8, 4) is 17.6 Å². The number of rotatable bonds is 4. The third-order valence-corrected chi connectivity index (χ3v) is 6.71. The summed E-state index contributed by atoms with van der Waals surface area (Å²) in [4.78, 5) is 16.9. The zero-order valence-corrected chi connectivity index (χ0v) is 18.2. The van der Waals surface area contributed by atoms with E-state index in [2.05, 4.69) is 11.0 Å². The molecule has 6 nitrogen and oxygen atoms in total. The van der Waals surface area contributed by atoms with E-state index in [1.54, 1.807) is 25.2 Å². The highest BCUT2D eigenvalue weighted by Crippen LogP contribution is 2.45. The quantitative estimate of drug-likeness (QED) is 0.692. The molecule has 8 heteroatoms. The van der Waals surface area contributed by atoms with Crippen molar-refractivity contribution in [1.29, 1.82) is 5.26 Å². The third-order valence-electron chi connectivity index (χ3n) is 5.30. The smallest absolute Gasteiger partial charge is 0.229 e. The number of benzene rings is 2. The average Bonchev–Trinajstić information content (AvgIpc) is 2.79. The first-order chi connectivity index (χ1) is 14.5. The van der Waals surface area contributed by atoms with Gasteiger partial charge in [0.2, 0.25) is 5.91 Å². The summed E-state index contributed by atoms with van der Waals surface area (Å²) >= 11 is 7.49. The topological polar surface area (TPSA) is 65.8 Å². The molecule has 2 aromatic rings. The predicted molar refractivity (Wildman–Crippen MR) is 118 cm³/mol. The van der Waals surface area contributed by atoms with Gasteiger partial charge in [-0.2, -0.15) is 5.26 Å². The van der Waals surface area contributed by atoms with E-state index in [-0.39, 0.29) is 18.2 Å². The van der Waals surface area contributed by atoms with Crippen LogP contribution in [0.25, 0.3) is 0 Å². The van der Waals surface area contributed by atoms with Gasteiger partial charge in [-0.25, -0.2) is 0 Å². The Bertz CT molecular complexity index is 1050. The van der Waals surface area contributed by atoms with Gasteiger partial charge in [-0.1, -0.05) is 29.4 Å². The first kappa shape index (κ1) is 20.5. The molecule has 154 valence electrons. The first-order valence-electron chi connectivity index (χ1n) is 9.35. The van der Waals surface area contributed by atoms with Crippen molar-refractivity contribution >= 4 is 35.0 Å². The average molecular weight is 442 g/mol. The Labute approximate surface area is 184 Å². The second-order valence-corrected chi connectivity index (χ2v) is 8.32. The Hall–Kier alpha value is -2.82. The van der Waals surface area contributed by atoms with Crippen LogP contribution in [0.3, 0.4) is 0 Å². The fraction of sp³-hybridized carbons (Fsp3) is 0.273. The molecular formula is C22H20ClN3O3S. The van der Waals surface area contributed by atoms with E-state index >= 15 is 0 Å². The predicted octanol–water partition coefficient (Wildman–Crippen LogP) is 4.58. The second-order valence-electron chi connectivity index (χ2n) is 6.95. The van der Waals surface area contributed by atoms with Crippen LogP contribution in [0, 0.1) is 11.3 Å². The maximum atomic E-state index is 13.1. The highest BCUT2D eigenvalue weighted by molar-refractivity contribution is 8.03. The van der Waals surface area contributed by atoms with E-state index in [9.17, 15) is 10.1 Å². The van der Waals surface area contributed by atoms with Gasteiger partial charge in [0, 0.05) is 34.7 Å². The summed E-state index contributed by atoms with van der Waals surface area (Å²) < 4.78 is 10.8. The first-order valence-corrected chi connectivity index (χ1v) is 10.7. The number of amides is 1. The van der Waals surface area contributed by atoms with E-state index in [1.165, 1.54) is 11.8 Å². The summed E-state index contributed by atoms with van der Waals surface area (Å²) in [5.74, 6) is 1.55. The number of carbonyl (C=O) groups is 1. The molecule has 30 heavy (non-hydrogen) atoms. The Morgan fingerprint density at radius 1 is 1.17 bits per heavy atom. The summed E-state index contributed by atoms with van der Waals surface area (Å²) in [6.45, 7) is 0.403. The molecule has 0 saturated carbocycles. The number of carbonyl (C=O) groups excluding carboxylic acids is 1. The molecule has 2 heterocycles. The molecule has 2 aromatic carbocycles. The number of thioether (sulfide) groups is 1. The fourth-order valence-corrected chi connectivity index (χ4v) is 5.04. The molecule has 0 spiro atoms. The van der Waals surface area contributed by atoms with Crippen molar-refractivity contribution in [3.05, 3.63) is 63.7 Å². The van der Waals surface area contributed by atoms with E-state index in [1.807, 2.05) is 36.4 Å². The largest absolute Gasteiger partial charge is 0.497 e. The summed E-state index contributed by atoms with van der Waals surface area (Å²) in [5, 5.41) is 11.4. The van der Waals surface area contributed by atoms with Crippen LogP contribution in [0.4, 0.5) is 5.69 Å². The summed E-state index contributed by atoms with van der Waals surface area (Å²) in [7, 11) is 3.16. The normalized spacial score (nSPS) is 18.7. The number of anilines is 1. The third kappa shape index (κ3) is 3.69. The highest BCUT2D eigenvalue weighted by Gasteiger charge is 2.39. The van der Waals surface area contributed by atoms with E-state index in [0.29, 0.717) is 34.6 Å². The maximum absolute atomic E-state index is 13.1. The lowest BCUT2D eigenvalue weighted by Crippen LogP contribution is -2.47. The van der Waals surface area contributed by atoms with Crippen molar-refractivity contribution in [2.45, 2.75) is 12.3 Å². The zero-order chi connectivity index (χ0) is 21.3. The van der Waals surface area contributed by atoms with Crippen molar-refractivity contribution in [2.75, 3.05) is 31.7 Å². The minimum absolute atomic E-state index is 0.0157. The molecule has 1 fully saturated rings. The van der Waals surface area contributed by atoms with E-state index < -0.39 is 0 Å². The lowest BCUT2D eigenvalue weighted by atomic mass is 9.86. The summed E-state index contributed by atoms with van der Waals surface area (Å²) in [6, 6.07) is 15.4. The molecular weight excluding hydrogens is 422 g/mol. The number of methoxy groups -OCH3 is 2. The van der Waals surface area contributed by atoms with Crippen molar-refractivity contribution in [1.82, 2.24) is 4.90 Å². The van der Waals surface area contributed by atoms with Gasteiger partial charge in [-0.05, 0) is 30.3 Å². The van der Waals surface area contributed by atoms with Gasteiger partial charge < -0.3 is 14.4 Å². The van der Waals surface area contributed by atoms with E-state index in [4.69, 9.17) is 21.1 Å². The molecule has 2 aliphatic rings. The minimum atomic E-state index is -0.343. The molecule has 2 aliphatic heterocycles. The molecule has 4 rings (SSSR count). The van der Waals surface area contributed by atoms with Crippen LogP contribution in [0.15, 0.2) is 53.1 Å². The number of halogens is 1. The van der Waals surface area contributed by atoms with E-state index in [0.717, 1.165) is 16.3 Å².